The molecule has 0 amide bonds. The Kier molecular flexibility index (Phi) is 5.35. The van der Waals surface area contributed by atoms with Gasteiger partial charge in [0.25, 0.3) is 0 Å². The lowest BCUT2D eigenvalue weighted by Crippen LogP contribution is -2.29. The number of benzene rings is 3. The van der Waals surface area contributed by atoms with Gasteiger partial charge in [0.05, 0.1) is 6.61 Å². The summed E-state index contributed by atoms with van der Waals surface area (Å²) in [4.78, 5) is 26.5. The summed E-state index contributed by atoms with van der Waals surface area (Å²) in [6.07, 6.45) is -0.668. The van der Waals surface area contributed by atoms with E-state index in [0.29, 0.717) is 0 Å². The Bertz CT molecular complexity index is 996. The summed E-state index contributed by atoms with van der Waals surface area (Å²) in [7, 11) is 0. The minimum absolute atomic E-state index is 0.258. The van der Waals surface area contributed by atoms with Crippen molar-refractivity contribution in [1.82, 2.24) is 0 Å². The standard InChI is InChI=1S/C23H20O4S/c1-2-26-22(24)19-20(18-14-8-10-15-9-6-7-13-17(15)18)27-23(25)21(19)28-16-11-4-3-5-12-16/h3-14,19-21H,2H2,1H3. The van der Waals surface area contributed by atoms with Crippen LogP contribution in [0.15, 0.2) is 77.7 Å². The number of carbonyl (C=O) groups excluding carboxylic acids is 2. The first-order chi connectivity index (χ1) is 13.7. The van der Waals surface area contributed by atoms with Crippen molar-refractivity contribution in [2.45, 2.75) is 23.2 Å². The molecule has 0 aromatic heterocycles. The molecule has 1 heterocycles. The van der Waals surface area contributed by atoms with E-state index in [1.165, 1.54) is 11.8 Å². The van der Waals surface area contributed by atoms with Gasteiger partial charge in [-0.1, -0.05) is 60.7 Å². The monoisotopic (exact) mass is 392 g/mol. The van der Waals surface area contributed by atoms with E-state index in [1.807, 2.05) is 72.8 Å². The molecule has 0 bridgehead atoms. The molecule has 28 heavy (non-hydrogen) atoms. The number of hydrogen-bond donors (Lipinski definition) is 0. The highest BCUT2D eigenvalue weighted by Crippen LogP contribution is 2.45. The van der Waals surface area contributed by atoms with E-state index in [0.717, 1.165) is 21.2 Å². The van der Waals surface area contributed by atoms with Crippen LogP contribution in [0.1, 0.15) is 18.6 Å². The van der Waals surface area contributed by atoms with Crippen molar-refractivity contribution in [2.24, 2.45) is 5.92 Å². The number of carbonyl (C=O) groups is 2. The molecule has 1 aliphatic heterocycles. The van der Waals surface area contributed by atoms with Gasteiger partial charge in [-0.15, -0.1) is 11.8 Å². The average molecular weight is 392 g/mol. The number of cyclic esters (lactones) is 1. The van der Waals surface area contributed by atoms with Crippen LogP contribution in [0.2, 0.25) is 0 Å². The Balaban J connectivity index is 1.75. The van der Waals surface area contributed by atoms with Crippen molar-refractivity contribution < 1.29 is 19.1 Å². The van der Waals surface area contributed by atoms with Gasteiger partial charge in [-0.05, 0) is 29.8 Å². The van der Waals surface area contributed by atoms with E-state index >= 15 is 0 Å². The predicted octanol–water partition coefficient (Wildman–Crippen LogP) is 4.78. The summed E-state index contributed by atoms with van der Waals surface area (Å²) in [6, 6.07) is 23.3. The normalized spacial score (nSPS) is 21.5. The summed E-state index contributed by atoms with van der Waals surface area (Å²) in [5.74, 6) is -1.49. The quantitative estimate of drug-likeness (QED) is 0.585. The smallest absolute Gasteiger partial charge is 0.321 e. The lowest BCUT2D eigenvalue weighted by Gasteiger charge is -2.20. The lowest BCUT2D eigenvalue weighted by atomic mass is 9.91. The fourth-order valence-corrected chi connectivity index (χ4v) is 4.74. The molecule has 3 atom stereocenters. The number of ether oxygens (including phenoxy) is 2. The first-order valence-electron chi connectivity index (χ1n) is 9.25. The van der Waals surface area contributed by atoms with Gasteiger partial charge < -0.3 is 9.47 Å². The van der Waals surface area contributed by atoms with Gasteiger partial charge in [0, 0.05) is 10.5 Å². The Morgan fingerprint density at radius 2 is 1.71 bits per heavy atom. The van der Waals surface area contributed by atoms with Crippen molar-refractivity contribution >= 4 is 34.5 Å². The summed E-state index contributed by atoms with van der Waals surface area (Å²) in [5.41, 5.74) is 0.834. The first kappa shape index (κ1) is 18.6. The van der Waals surface area contributed by atoms with E-state index in [-0.39, 0.29) is 12.6 Å². The van der Waals surface area contributed by atoms with Crippen molar-refractivity contribution in [1.29, 1.82) is 0 Å². The third kappa shape index (κ3) is 3.50. The van der Waals surface area contributed by atoms with Crippen LogP contribution >= 0.6 is 11.8 Å². The zero-order valence-electron chi connectivity index (χ0n) is 15.4. The summed E-state index contributed by atoms with van der Waals surface area (Å²) < 4.78 is 11.1. The molecule has 0 radical (unpaired) electrons. The number of hydrogen-bond acceptors (Lipinski definition) is 5. The Hall–Kier alpha value is -2.79. The highest BCUT2D eigenvalue weighted by molar-refractivity contribution is 8.00. The molecule has 1 fully saturated rings. The van der Waals surface area contributed by atoms with E-state index in [2.05, 4.69) is 0 Å². The first-order valence-corrected chi connectivity index (χ1v) is 10.1. The van der Waals surface area contributed by atoms with Gasteiger partial charge in [-0.2, -0.15) is 0 Å². The van der Waals surface area contributed by atoms with E-state index in [1.54, 1.807) is 6.92 Å². The zero-order chi connectivity index (χ0) is 19.5. The fourth-order valence-electron chi connectivity index (χ4n) is 3.58. The van der Waals surface area contributed by atoms with Crippen LogP contribution in [0.5, 0.6) is 0 Å². The van der Waals surface area contributed by atoms with Gasteiger partial charge in [-0.3, -0.25) is 9.59 Å². The predicted molar refractivity (Wildman–Crippen MR) is 109 cm³/mol. The summed E-state index contributed by atoms with van der Waals surface area (Å²) in [5, 5.41) is 1.37. The highest BCUT2D eigenvalue weighted by Gasteiger charge is 2.51. The van der Waals surface area contributed by atoms with Crippen LogP contribution in [0, 0.1) is 5.92 Å². The Morgan fingerprint density at radius 1 is 1.00 bits per heavy atom. The maximum Gasteiger partial charge on any atom is 0.321 e. The second-order valence-electron chi connectivity index (χ2n) is 6.56. The van der Waals surface area contributed by atoms with E-state index in [4.69, 9.17) is 9.47 Å². The third-order valence-corrected chi connectivity index (χ3v) is 6.11. The minimum Gasteiger partial charge on any atom is -0.466 e. The molecule has 3 aromatic carbocycles. The molecule has 3 unspecified atom stereocenters. The van der Waals surface area contributed by atoms with Crippen LogP contribution in [0.4, 0.5) is 0 Å². The van der Waals surface area contributed by atoms with E-state index in [9.17, 15) is 9.59 Å². The Labute approximate surface area is 167 Å². The van der Waals surface area contributed by atoms with Crippen molar-refractivity contribution in [3.8, 4) is 0 Å². The van der Waals surface area contributed by atoms with E-state index < -0.39 is 23.2 Å². The molecule has 1 aliphatic rings. The molecule has 3 aromatic rings. The number of thioether (sulfide) groups is 1. The summed E-state index contributed by atoms with van der Waals surface area (Å²) >= 11 is 1.35. The second-order valence-corrected chi connectivity index (χ2v) is 7.77. The van der Waals surface area contributed by atoms with Gasteiger partial charge >= 0.3 is 11.9 Å². The molecule has 0 aliphatic carbocycles. The Morgan fingerprint density at radius 3 is 2.50 bits per heavy atom. The molecule has 0 saturated carbocycles. The molecule has 4 rings (SSSR count). The zero-order valence-corrected chi connectivity index (χ0v) is 16.2. The molecular formula is C23H20O4S. The molecule has 142 valence electrons. The van der Waals surface area contributed by atoms with Gasteiger partial charge in [-0.25, -0.2) is 0 Å². The van der Waals surface area contributed by atoms with Crippen LogP contribution in [0.3, 0.4) is 0 Å². The average Bonchev–Trinajstić information content (AvgIpc) is 3.04. The number of esters is 2. The molecule has 4 nitrogen and oxygen atoms in total. The van der Waals surface area contributed by atoms with Gasteiger partial charge in [0.15, 0.2) is 0 Å². The summed E-state index contributed by atoms with van der Waals surface area (Å²) in [6.45, 7) is 2.02. The molecule has 5 heteroatoms. The lowest BCUT2D eigenvalue weighted by molar-refractivity contribution is -0.150. The third-order valence-electron chi connectivity index (χ3n) is 4.82. The largest absolute Gasteiger partial charge is 0.466 e. The number of rotatable bonds is 5. The second kappa shape index (κ2) is 8.07. The maximum atomic E-state index is 12.8. The highest BCUT2D eigenvalue weighted by atomic mass is 32.2. The maximum absolute atomic E-state index is 12.8. The van der Waals surface area contributed by atoms with Crippen LogP contribution in [-0.2, 0) is 19.1 Å². The minimum atomic E-state index is -0.705. The SMILES string of the molecule is CCOC(=O)C1C(Sc2ccccc2)C(=O)OC1c1cccc2ccccc12. The van der Waals surface area contributed by atoms with Crippen molar-refractivity contribution in [3.63, 3.8) is 0 Å². The van der Waals surface area contributed by atoms with Gasteiger partial charge in [0.2, 0.25) is 0 Å². The van der Waals surface area contributed by atoms with Crippen LogP contribution < -0.4 is 0 Å². The van der Waals surface area contributed by atoms with Crippen molar-refractivity contribution in [3.05, 3.63) is 78.4 Å². The van der Waals surface area contributed by atoms with Crippen LogP contribution in [0.25, 0.3) is 10.8 Å². The number of fused-ring (bicyclic) bond motifs is 1. The molecule has 0 spiro atoms. The molecule has 0 N–H and O–H groups in total. The van der Waals surface area contributed by atoms with Gasteiger partial charge in [0.1, 0.15) is 17.3 Å². The van der Waals surface area contributed by atoms with Crippen LogP contribution in [-0.4, -0.2) is 23.8 Å². The molecule has 1 saturated heterocycles. The topological polar surface area (TPSA) is 52.6 Å². The fraction of sp³-hybridized carbons (Fsp3) is 0.217. The molecular weight excluding hydrogens is 372 g/mol. The van der Waals surface area contributed by atoms with Crippen molar-refractivity contribution in [2.75, 3.05) is 6.61 Å².